The number of nitrogens with one attached hydrogen (secondary N) is 1. The van der Waals surface area contributed by atoms with Crippen LogP contribution in [0.2, 0.25) is 0 Å². The third kappa shape index (κ3) is 3.36. The van der Waals surface area contributed by atoms with E-state index in [9.17, 15) is 9.90 Å². The van der Waals surface area contributed by atoms with E-state index in [1.54, 1.807) is 30.5 Å². The fraction of sp³-hybridized carbons (Fsp3) is 0. The van der Waals surface area contributed by atoms with E-state index in [2.05, 4.69) is 31.2 Å². The van der Waals surface area contributed by atoms with E-state index in [1.807, 2.05) is 30.3 Å². The molecule has 0 bridgehead atoms. The number of aliphatic imine (C=N–C) groups is 1. The Morgan fingerprint density at radius 1 is 1.19 bits per heavy atom. The van der Waals surface area contributed by atoms with Gasteiger partial charge in [0, 0.05) is 16.1 Å². The minimum atomic E-state index is -0.216. The van der Waals surface area contributed by atoms with Gasteiger partial charge in [-0.15, -0.1) is 0 Å². The van der Waals surface area contributed by atoms with Crippen molar-refractivity contribution < 1.29 is 9.90 Å². The quantitative estimate of drug-likeness (QED) is 0.588. The molecule has 1 fully saturated rings. The Hall–Kier alpha value is -2.64. The number of hydrogen-bond donors (Lipinski definition) is 2. The Bertz CT molecular complexity index is 1100. The van der Waals surface area contributed by atoms with Crippen molar-refractivity contribution in [3.63, 3.8) is 0 Å². The highest BCUT2D eigenvalue weighted by Gasteiger charge is 2.24. The normalized spacial score (nSPS) is 17.2. The number of benzene rings is 2. The average Bonchev–Trinajstić information content (AvgIpc) is 2.97. The molecule has 1 aliphatic rings. The first-order valence-electron chi connectivity index (χ1n) is 7.72. The largest absolute Gasteiger partial charge is 0.508 e. The molecule has 1 saturated heterocycles. The van der Waals surface area contributed by atoms with E-state index in [1.165, 1.54) is 11.8 Å². The molecule has 128 valence electrons. The van der Waals surface area contributed by atoms with Gasteiger partial charge in [0.2, 0.25) is 0 Å². The Morgan fingerprint density at radius 3 is 2.92 bits per heavy atom. The number of fused-ring (bicyclic) bond motifs is 1. The molecule has 7 heteroatoms. The van der Waals surface area contributed by atoms with Crippen LogP contribution in [0.5, 0.6) is 5.75 Å². The molecule has 26 heavy (non-hydrogen) atoms. The second-order valence-corrected chi connectivity index (χ2v) is 7.43. The molecular weight excluding hydrogens is 414 g/mol. The fourth-order valence-corrected chi connectivity index (χ4v) is 3.86. The summed E-state index contributed by atoms with van der Waals surface area (Å²) in [6.07, 6.45) is 3.44. The summed E-state index contributed by atoms with van der Waals surface area (Å²) in [5.41, 5.74) is 2.19. The molecule has 1 aliphatic heterocycles. The minimum Gasteiger partial charge on any atom is -0.508 e. The van der Waals surface area contributed by atoms with Gasteiger partial charge in [0.1, 0.15) is 5.75 Å². The number of rotatable bonds is 2. The fourth-order valence-electron chi connectivity index (χ4n) is 2.57. The first-order valence-corrected chi connectivity index (χ1v) is 9.33. The van der Waals surface area contributed by atoms with Crippen molar-refractivity contribution in [1.29, 1.82) is 0 Å². The summed E-state index contributed by atoms with van der Waals surface area (Å²) in [4.78, 5) is 21.7. The molecule has 1 amide bonds. The first kappa shape index (κ1) is 16.8. The van der Waals surface area contributed by atoms with E-state index in [0.717, 1.165) is 20.9 Å². The van der Waals surface area contributed by atoms with Crippen molar-refractivity contribution in [2.75, 3.05) is 0 Å². The van der Waals surface area contributed by atoms with Gasteiger partial charge in [-0.05, 0) is 53.7 Å². The third-order valence-corrected chi connectivity index (χ3v) is 5.34. The van der Waals surface area contributed by atoms with Crippen molar-refractivity contribution in [1.82, 2.24) is 10.3 Å². The first-order chi connectivity index (χ1) is 12.6. The van der Waals surface area contributed by atoms with Crippen LogP contribution in [0.4, 0.5) is 5.69 Å². The van der Waals surface area contributed by atoms with Gasteiger partial charge in [0.05, 0.1) is 16.1 Å². The maximum Gasteiger partial charge on any atom is 0.264 e. The lowest BCUT2D eigenvalue weighted by Crippen LogP contribution is -2.19. The van der Waals surface area contributed by atoms with E-state index in [-0.39, 0.29) is 11.7 Å². The number of amides is 1. The Balaban J connectivity index is 1.68. The smallest absolute Gasteiger partial charge is 0.264 e. The topological polar surface area (TPSA) is 74.6 Å². The van der Waals surface area contributed by atoms with Crippen LogP contribution in [0, 0.1) is 0 Å². The van der Waals surface area contributed by atoms with Gasteiger partial charge in [0.25, 0.3) is 5.91 Å². The number of aromatic hydroxyl groups is 1. The van der Waals surface area contributed by atoms with Crippen molar-refractivity contribution in [2.24, 2.45) is 4.99 Å². The molecule has 5 nitrogen and oxygen atoms in total. The van der Waals surface area contributed by atoms with Crippen LogP contribution in [0.25, 0.3) is 17.0 Å². The number of phenolic OH excluding ortho intramolecular Hbond substituents is 1. The van der Waals surface area contributed by atoms with E-state index >= 15 is 0 Å². The molecule has 0 unspecified atom stereocenters. The summed E-state index contributed by atoms with van der Waals surface area (Å²) in [6.45, 7) is 0. The molecule has 0 aliphatic carbocycles. The zero-order chi connectivity index (χ0) is 18.1. The second-order valence-electron chi connectivity index (χ2n) is 5.54. The minimum absolute atomic E-state index is 0.157. The van der Waals surface area contributed by atoms with Gasteiger partial charge >= 0.3 is 0 Å². The molecule has 0 spiro atoms. The highest BCUT2D eigenvalue weighted by Crippen LogP contribution is 2.33. The molecule has 1 aromatic heterocycles. The van der Waals surface area contributed by atoms with Gasteiger partial charge in [-0.2, -0.15) is 0 Å². The number of halogens is 1. The van der Waals surface area contributed by atoms with Gasteiger partial charge < -0.3 is 10.4 Å². The predicted octanol–water partition coefficient (Wildman–Crippen LogP) is 4.59. The number of thioether (sulfide) groups is 1. The Kier molecular flexibility index (Phi) is 4.48. The maximum absolute atomic E-state index is 12.2. The van der Waals surface area contributed by atoms with Crippen molar-refractivity contribution in [3.8, 4) is 5.75 Å². The molecule has 2 heterocycles. The second kappa shape index (κ2) is 6.93. The van der Waals surface area contributed by atoms with Crippen LogP contribution in [0.1, 0.15) is 5.56 Å². The summed E-state index contributed by atoms with van der Waals surface area (Å²) in [6, 6.07) is 14.3. The highest BCUT2D eigenvalue weighted by atomic mass is 79.9. The van der Waals surface area contributed by atoms with Crippen molar-refractivity contribution in [3.05, 3.63) is 69.7 Å². The maximum atomic E-state index is 12.2. The predicted molar refractivity (Wildman–Crippen MR) is 108 cm³/mol. The Morgan fingerprint density at radius 2 is 2.08 bits per heavy atom. The van der Waals surface area contributed by atoms with Gasteiger partial charge in [0.15, 0.2) is 5.17 Å². The van der Waals surface area contributed by atoms with Crippen molar-refractivity contribution >= 4 is 61.4 Å². The van der Waals surface area contributed by atoms with E-state index in [4.69, 9.17) is 0 Å². The molecule has 4 rings (SSSR count). The zero-order valence-corrected chi connectivity index (χ0v) is 15.7. The lowest BCUT2D eigenvalue weighted by atomic mass is 10.2. The molecule has 3 aromatic rings. The Labute approximate surface area is 162 Å². The summed E-state index contributed by atoms with van der Waals surface area (Å²) in [5, 5.41) is 13.8. The van der Waals surface area contributed by atoms with Crippen LogP contribution >= 0.6 is 27.7 Å². The monoisotopic (exact) mass is 425 g/mol. The molecule has 2 N–H and O–H groups in total. The molecular formula is C19H12BrN3O2S. The number of amidine groups is 1. The molecule has 2 aromatic carbocycles. The number of phenols is 1. The summed E-state index contributed by atoms with van der Waals surface area (Å²) < 4.78 is 0.942. The zero-order valence-electron chi connectivity index (χ0n) is 13.3. The SMILES string of the molecule is O=C1NC(=Nc2ccc(Br)c3cccnc23)S/C1=C\c1cccc(O)c1. The number of carbonyl (C=O) groups excluding carboxylic acids is 1. The van der Waals surface area contributed by atoms with Gasteiger partial charge in [-0.3, -0.25) is 9.78 Å². The van der Waals surface area contributed by atoms with Crippen LogP contribution in [0.15, 0.2) is 69.1 Å². The van der Waals surface area contributed by atoms with E-state index < -0.39 is 0 Å². The van der Waals surface area contributed by atoms with Crippen LogP contribution in [-0.2, 0) is 4.79 Å². The lowest BCUT2D eigenvalue weighted by molar-refractivity contribution is -0.115. The third-order valence-electron chi connectivity index (χ3n) is 3.74. The lowest BCUT2D eigenvalue weighted by Gasteiger charge is -2.03. The molecule has 0 radical (unpaired) electrons. The number of aromatic nitrogens is 1. The van der Waals surface area contributed by atoms with Gasteiger partial charge in [-0.25, -0.2) is 4.99 Å². The molecule has 0 atom stereocenters. The van der Waals surface area contributed by atoms with Crippen LogP contribution in [0.3, 0.4) is 0 Å². The number of nitrogens with zero attached hydrogens (tertiary/aromatic N) is 2. The summed E-state index contributed by atoms with van der Waals surface area (Å²) in [5.74, 6) is -0.0597. The van der Waals surface area contributed by atoms with E-state index in [0.29, 0.717) is 15.8 Å². The standard InChI is InChI=1S/C19H12BrN3O2S/c20-14-6-7-15(17-13(14)5-2-8-21-17)22-19-23-18(25)16(26-19)10-11-3-1-4-12(24)9-11/h1-10,24H,(H,22,23,25)/b16-10-. The molecule has 0 saturated carbocycles. The highest BCUT2D eigenvalue weighted by molar-refractivity contribution is 9.10. The summed E-state index contributed by atoms with van der Waals surface area (Å²) >= 11 is 4.77. The van der Waals surface area contributed by atoms with Crippen LogP contribution in [-0.4, -0.2) is 21.2 Å². The number of hydrogen-bond acceptors (Lipinski definition) is 5. The van der Waals surface area contributed by atoms with Crippen molar-refractivity contribution in [2.45, 2.75) is 0 Å². The van der Waals surface area contributed by atoms with Crippen LogP contribution < -0.4 is 5.32 Å². The number of pyridine rings is 1. The number of carbonyl (C=O) groups is 1. The van der Waals surface area contributed by atoms with Gasteiger partial charge in [-0.1, -0.05) is 34.1 Å². The average molecular weight is 426 g/mol. The summed E-state index contributed by atoms with van der Waals surface area (Å²) in [7, 11) is 0.